The summed E-state index contributed by atoms with van der Waals surface area (Å²) in [4.78, 5) is 33.4. The second-order valence-corrected chi connectivity index (χ2v) is 5.26. The fourth-order valence-electron chi connectivity index (χ4n) is 1.75. The Morgan fingerprint density at radius 1 is 1.35 bits per heavy atom. The van der Waals surface area contributed by atoms with Gasteiger partial charge < -0.3 is 5.32 Å². The van der Waals surface area contributed by atoms with Crippen LogP contribution in [0.2, 0.25) is 0 Å². The van der Waals surface area contributed by atoms with Crippen LogP contribution in [-0.4, -0.2) is 15.4 Å². The molecule has 0 fully saturated rings. The maximum atomic E-state index is 13.6. The Morgan fingerprint density at radius 2 is 2.04 bits per heavy atom. The number of nitrogens with one attached hydrogen (secondary N) is 1. The molecule has 0 saturated carbocycles. The number of pyridine rings is 1. The maximum Gasteiger partial charge on any atom is 0.285 e. The number of halogens is 3. The van der Waals surface area contributed by atoms with Crippen molar-refractivity contribution in [2.75, 3.05) is 5.32 Å². The summed E-state index contributed by atoms with van der Waals surface area (Å²) in [6.45, 7) is -0.566. The Hall–Kier alpha value is -2.62. The van der Waals surface area contributed by atoms with Crippen LogP contribution in [0, 0.1) is 21.7 Å². The zero-order chi connectivity index (χ0) is 17.1. The van der Waals surface area contributed by atoms with E-state index in [9.17, 15) is 28.5 Å². The standard InChI is InChI=1S/C13H8BrF2N3O4/c14-9-3-7(15)4-10(16)13(9)17-11(20)6-18-5-8(19(22)23)1-2-12(18)21/h1-5H,6H2,(H,17,20). The minimum absolute atomic E-state index is 0.0188. The first-order chi connectivity index (χ1) is 10.8. The second-order valence-electron chi connectivity index (χ2n) is 4.40. The molecule has 120 valence electrons. The minimum atomic E-state index is -1.00. The molecule has 1 amide bonds. The third-order valence-corrected chi connectivity index (χ3v) is 3.39. The molecular weight excluding hydrogens is 380 g/mol. The summed E-state index contributed by atoms with van der Waals surface area (Å²) < 4.78 is 27.4. The lowest BCUT2D eigenvalue weighted by atomic mass is 10.3. The molecular formula is C13H8BrF2N3O4. The Labute approximate surface area is 135 Å². The lowest BCUT2D eigenvalue weighted by molar-refractivity contribution is -0.385. The van der Waals surface area contributed by atoms with Gasteiger partial charge in [-0.2, -0.15) is 0 Å². The van der Waals surface area contributed by atoms with E-state index in [-0.39, 0.29) is 15.8 Å². The van der Waals surface area contributed by atoms with Gasteiger partial charge >= 0.3 is 0 Å². The van der Waals surface area contributed by atoms with Gasteiger partial charge in [0.2, 0.25) is 5.91 Å². The van der Waals surface area contributed by atoms with Gasteiger partial charge in [0.25, 0.3) is 11.2 Å². The Bertz CT molecular complexity index is 830. The molecule has 0 spiro atoms. The summed E-state index contributed by atoms with van der Waals surface area (Å²) >= 11 is 2.90. The average Bonchev–Trinajstić information content (AvgIpc) is 2.45. The van der Waals surface area contributed by atoms with Gasteiger partial charge in [0.15, 0.2) is 5.82 Å². The number of hydrogen-bond donors (Lipinski definition) is 1. The molecule has 0 saturated heterocycles. The highest BCUT2D eigenvalue weighted by Gasteiger charge is 2.15. The van der Waals surface area contributed by atoms with Crippen molar-refractivity contribution in [1.29, 1.82) is 0 Å². The number of hydrogen-bond acceptors (Lipinski definition) is 4. The van der Waals surface area contributed by atoms with Crippen LogP contribution in [0.5, 0.6) is 0 Å². The quantitative estimate of drug-likeness (QED) is 0.643. The Balaban J connectivity index is 2.22. The fourth-order valence-corrected chi connectivity index (χ4v) is 2.25. The Kier molecular flexibility index (Phi) is 4.84. The van der Waals surface area contributed by atoms with Crippen molar-refractivity contribution in [2.45, 2.75) is 6.54 Å². The van der Waals surface area contributed by atoms with Gasteiger partial charge in [0, 0.05) is 22.7 Å². The monoisotopic (exact) mass is 387 g/mol. The molecule has 2 aromatic rings. The van der Waals surface area contributed by atoms with E-state index in [2.05, 4.69) is 21.2 Å². The number of aromatic nitrogens is 1. The summed E-state index contributed by atoms with van der Waals surface area (Å²) in [5.41, 5.74) is -1.30. The van der Waals surface area contributed by atoms with E-state index in [1.165, 1.54) is 0 Å². The van der Waals surface area contributed by atoms with E-state index in [1.54, 1.807) is 0 Å². The van der Waals surface area contributed by atoms with Gasteiger partial charge in [-0.3, -0.25) is 24.3 Å². The molecule has 0 aliphatic heterocycles. The van der Waals surface area contributed by atoms with Gasteiger partial charge in [-0.1, -0.05) is 0 Å². The van der Waals surface area contributed by atoms with E-state index in [1.807, 2.05) is 0 Å². The molecule has 10 heteroatoms. The number of carbonyl (C=O) groups is 1. The van der Waals surface area contributed by atoms with E-state index in [0.29, 0.717) is 6.07 Å². The molecule has 0 aliphatic rings. The fraction of sp³-hybridized carbons (Fsp3) is 0.0769. The van der Waals surface area contributed by atoms with E-state index >= 15 is 0 Å². The number of benzene rings is 1. The summed E-state index contributed by atoms with van der Waals surface area (Å²) in [5, 5.41) is 12.8. The van der Waals surface area contributed by atoms with E-state index in [0.717, 1.165) is 29.0 Å². The topological polar surface area (TPSA) is 94.2 Å². The predicted octanol–water partition coefficient (Wildman–Crippen LogP) is 2.44. The van der Waals surface area contributed by atoms with Crippen LogP contribution in [0.4, 0.5) is 20.2 Å². The molecule has 23 heavy (non-hydrogen) atoms. The van der Waals surface area contributed by atoms with Gasteiger partial charge in [0.1, 0.15) is 12.4 Å². The smallest absolute Gasteiger partial charge is 0.285 e. The van der Waals surface area contributed by atoms with Crippen molar-refractivity contribution >= 4 is 33.2 Å². The highest BCUT2D eigenvalue weighted by molar-refractivity contribution is 9.10. The van der Waals surface area contributed by atoms with Crippen LogP contribution in [-0.2, 0) is 11.3 Å². The third-order valence-electron chi connectivity index (χ3n) is 2.76. The van der Waals surface area contributed by atoms with Gasteiger partial charge in [0.05, 0.1) is 16.8 Å². The number of rotatable bonds is 4. The molecule has 0 bridgehead atoms. The summed E-state index contributed by atoms with van der Waals surface area (Å²) in [6.07, 6.45) is 0.901. The van der Waals surface area contributed by atoms with Gasteiger partial charge in [-0.15, -0.1) is 0 Å². The number of nitrogens with zero attached hydrogens (tertiary/aromatic N) is 2. The molecule has 1 aromatic heterocycles. The van der Waals surface area contributed by atoms with Crippen LogP contribution in [0.15, 0.2) is 39.7 Å². The molecule has 1 N–H and O–H groups in total. The number of carbonyl (C=O) groups excluding carboxylic acids is 1. The summed E-state index contributed by atoms with van der Waals surface area (Å²) in [6, 6.07) is 3.49. The molecule has 0 aliphatic carbocycles. The molecule has 0 radical (unpaired) electrons. The number of anilines is 1. The molecule has 0 unspecified atom stereocenters. The molecule has 7 nitrogen and oxygen atoms in total. The second kappa shape index (κ2) is 6.65. The van der Waals surface area contributed by atoms with E-state index in [4.69, 9.17) is 0 Å². The highest BCUT2D eigenvalue weighted by Crippen LogP contribution is 2.26. The van der Waals surface area contributed by atoms with Crippen LogP contribution in [0.3, 0.4) is 0 Å². The number of amides is 1. The maximum absolute atomic E-state index is 13.6. The van der Waals surface area contributed by atoms with Gasteiger partial charge in [-0.05, 0) is 22.0 Å². The molecule has 1 aromatic carbocycles. The van der Waals surface area contributed by atoms with Crippen LogP contribution in [0.25, 0.3) is 0 Å². The normalized spacial score (nSPS) is 10.4. The first-order valence-electron chi connectivity index (χ1n) is 6.07. The number of nitro groups is 1. The highest BCUT2D eigenvalue weighted by atomic mass is 79.9. The SMILES string of the molecule is O=C(Cn1cc([N+](=O)[O-])ccc1=O)Nc1c(F)cc(F)cc1Br. The van der Waals surface area contributed by atoms with E-state index < -0.39 is 34.6 Å². The van der Waals surface area contributed by atoms with Crippen LogP contribution >= 0.6 is 15.9 Å². The zero-order valence-electron chi connectivity index (χ0n) is 11.3. The van der Waals surface area contributed by atoms with Crippen molar-refractivity contribution in [2.24, 2.45) is 0 Å². The molecule has 2 rings (SSSR count). The lowest BCUT2D eigenvalue weighted by Crippen LogP contribution is -2.27. The largest absolute Gasteiger partial charge is 0.321 e. The first kappa shape index (κ1) is 16.7. The zero-order valence-corrected chi connectivity index (χ0v) is 12.8. The van der Waals surface area contributed by atoms with Crippen molar-refractivity contribution < 1.29 is 18.5 Å². The summed E-state index contributed by atoms with van der Waals surface area (Å²) in [5.74, 6) is -2.64. The van der Waals surface area contributed by atoms with Crippen molar-refractivity contribution in [3.05, 3.63) is 67.0 Å². The molecule has 0 atom stereocenters. The lowest BCUT2D eigenvalue weighted by Gasteiger charge is -2.10. The summed E-state index contributed by atoms with van der Waals surface area (Å²) in [7, 11) is 0. The third kappa shape index (κ3) is 3.97. The first-order valence-corrected chi connectivity index (χ1v) is 6.86. The van der Waals surface area contributed by atoms with Crippen molar-refractivity contribution in [1.82, 2.24) is 4.57 Å². The van der Waals surface area contributed by atoms with Crippen molar-refractivity contribution in [3.8, 4) is 0 Å². The molecule has 1 heterocycles. The predicted molar refractivity (Wildman–Crippen MR) is 80.0 cm³/mol. The van der Waals surface area contributed by atoms with Gasteiger partial charge in [-0.25, -0.2) is 8.78 Å². The van der Waals surface area contributed by atoms with Crippen LogP contribution < -0.4 is 10.9 Å². The minimum Gasteiger partial charge on any atom is -0.321 e. The van der Waals surface area contributed by atoms with Crippen molar-refractivity contribution in [3.63, 3.8) is 0 Å². The average molecular weight is 388 g/mol. The van der Waals surface area contributed by atoms with Crippen LogP contribution in [0.1, 0.15) is 0 Å². The Morgan fingerprint density at radius 3 is 2.65 bits per heavy atom.